The van der Waals surface area contributed by atoms with E-state index in [9.17, 15) is 15.0 Å². The molecular weight excluding hydrogens is 254 g/mol. The van der Waals surface area contributed by atoms with Gasteiger partial charge in [0.05, 0.1) is 6.10 Å². The fourth-order valence-corrected chi connectivity index (χ4v) is 6.23. The highest BCUT2D eigenvalue weighted by atomic mass is 16.4. The summed E-state index contributed by atoms with van der Waals surface area (Å²) in [7, 11) is 0. The molecule has 4 heteroatoms. The summed E-state index contributed by atoms with van der Waals surface area (Å²) in [6.07, 6.45) is 8.12. The van der Waals surface area contributed by atoms with Gasteiger partial charge in [-0.1, -0.05) is 0 Å². The Hall–Kier alpha value is -0.610. The van der Waals surface area contributed by atoms with Gasteiger partial charge in [-0.2, -0.15) is 0 Å². The zero-order chi connectivity index (χ0) is 13.9. The molecule has 0 aromatic carbocycles. The van der Waals surface area contributed by atoms with E-state index in [0.29, 0.717) is 18.4 Å². The smallest absolute Gasteiger partial charge is 0.321 e. The van der Waals surface area contributed by atoms with Gasteiger partial charge in [0.25, 0.3) is 0 Å². The Morgan fingerprint density at radius 3 is 2.10 bits per heavy atom. The number of carboxylic acid groups (broad SMARTS) is 1. The van der Waals surface area contributed by atoms with Crippen LogP contribution < -0.4 is 0 Å². The van der Waals surface area contributed by atoms with Crippen molar-refractivity contribution in [2.75, 3.05) is 13.1 Å². The minimum Gasteiger partial charge on any atom is -0.480 e. The number of hydrogen-bond acceptors (Lipinski definition) is 3. The van der Waals surface area contributed by atoms with E-state index in [1.54, 1.807) is 0 Å². The van der Waals surface area contributed by atoms with Crippen LogP contribution in [-0.2, 0) is 4.79 Å². The second-order valence-corrected chi connectivity index (χ2v) is 8.09. The third-order valence-corrected chi connectivity index (χ3v) is 6.37. The first kappa shape index (κ1) is 13.1. The number of aliphatic hydroxyl groups excluding tert-OH is 1. The van der Waals surface area contributed by atoms with E-state index in [4.69, 9.17) is 0 Å². The summed E-state index contributed by atoms with van der Waals surface area (Å²) in [4.78, 5) is 13.5. The Bertz CT molecular complexity index is 387. The van der Waals surface area contributed by atoms with Crippen molar-refractivity contribution >= 4 is 5.97 Å². The molecule has 5 fully saturated rings. The number of nitrogens with zero attached hydrogens (tertiary/aromatic N) is 1. The molecule has 0 radical (unpaired) electrons. The molecule has 0 aromatic rings. The maximum Gasteiger partial charge on any atom is 0.321 e. The minimum absolute atomic E-state index is 0.368. The molecule has 4 bridgehead atoms. The normalized spacial score (nSPS) is 50.8. The van der Waals surface area contributed by atoms with Crippen molar-refractivity contribution in [1.29, 1.82) is 0 Å². The lowest BCUT2D eigenvalue weighted by atomic mass is 9.49. The molecule has 4 saturated carbocycles. The van der Waals surface area contributed by atoms with Crippen LogP contribution in [-0.4, -0.2) is 46.3 Å². The van der Waals surface area contributed by atoms with Crippen molar-refractivity contribution < 1.29 is 15.0 Å². The first-order chi connectivity index (χ1) is 9.53. The molecule has 4 nitrogen and oxygen atoms in total. The van der Waals surface area contributed by atoms with Gasteiger partial charge in [0.1, 0.15) is 6.04 Å². The zero-order valence-electron chi connectivity index (χ0n) is 12.0. The van der Waals surface area contributed by atoms with Crippen molar-refractivity contribution in [2.45, 2.75) is 57.1 Å². The third-order valence-electron chi connectivity index (χ3n) is 6.37. The van der Waals surface area contributed by atoms with Gasteiger partial charge in [-0.3, -0.25) is 9.69 Å². The first-order valence-corrected chi connectivity index (χ1v) is 8.18. The second-order valence-electron chi connectivity index (χ2n) is 8.09. The van der Waals surface area contributed by atoms with Crippen LogP contribution in [0, 0.1) is 23.2 Å². The summed E-state index contributed by atoms with van der Waals surface area (Å²) in [6, 6.07) is -0.460. The maximum atomic E-state index is 11.4. The van der Waals surface area contributed by atoms with E-state index in [1.165, 1.54) is 38.5 Å². The third kappa shape index (κ3) is 2.08. The molecule has 2 N–H and O–H groups in total. The van der Waals surface area contributed by atoms with Crippen LogP contribution in [0.2, 0.25) is 0 Å². The van der Waals surface area contributed by atoms with Crippen molar-refractivity contribution in [2.24, 2.45) is 23.2 Å². The van der Waals surface area contributed by atoms with Gasteiger partial charge < -0.3 is 10.2 Å². The predicted molar refractivity (Wildman–Crippen MR) is 74.2 cm³/mol. The quantitative estimate of drug-likeness (QED) is 0.826. The van der Waals surface area contributed by atoms with Gasteiger partial charge >= 0.3 is 5.97 Å². The van der Waals surface area contributed by atoms with Crippen LogP contribution in [0.4, 0.5) is 0 Å². The maximum absolute atomic E-state index is 11.4. The molecule has 5 rings (SSSR count). The Kier molecular flexibility index (Phi) is 2.90. The predicted octanol–water partition coefficient (Wildman–Crippen LogP) is 1.72. The number of β-amino-alcohol motifs (C(OH)–C–C–N with tert-alkyl or cyclic N) is 1. The molecule has 4 aliphatic carbocycles. The average Bonchev–Trinajstić information content (AvgIpc) is 2.67. The number of likely N-dealkylation sites (tertiary alicyclic amines) is 1. The molecule has 0 amide bonds. The molecule has 112 valence electrons. The summed E-state index contributed by atoms with van der Waals surface area (Å²) in [6.45, 7) is 1.46. The van der Waals surface area contributed by atoms with Crippen LogP contribution in [0.15, 0.2) is 0 Å². The highest BCUT2D eigenvalue weighted by molar-refractivity contribution is 5.74. The highest BCUT2D eigenvalue weighted by Crippen LogP contribution is 2.60. The largest absolute Gasteiger partial charge is 0.480 e. The van der Waals surface area contributed by atoms with Crippen LogP contribution in [0.1, 0.15) is 44.9 Å². The van der Waals surface area contributed by atoms with Gasteiger partial charge in [0.2, 0.25) is 0 Å². The SMILES string of the molecule is O=C(O)C1CC(O)CN1CC12CC3CC(CC(C3)C1)C2. The lowest BCUT2D eigenvalue weighted by Gasteiger charge is -2.58. The molecule has 5 aliphatic rings. The van der Waals surface area contributed by atoms with Crippen molar-refractivity contribution in [3.63, 3.8) is 0 Å². The number of rotatable bonds is 3. The Morgan fingerprint density at radius 1 is 1.05 bits per heavy atom. The van der Waals surface area contributed by atoms with E-state index in [0.717, 1.165) is 24.3 Å². The molecule has 0 spiro atoms. The summed E-state index contributed by atoms with van der Waals surface area (Å²) in [5.41, 5.74) is 0.368. The van der Waals surface area contributed by atoms with Gasteiger partial charge in [-0.25, -0.2) is 0 Å². The van der Waals surface area contributed by atoms with Gasteiger partial charge in [-0.05, 0) is 61.7 Å². The molecule has 2 unspecified atom stereocenters. The number of carboxylic acids is 1. The van der Waals surface area contributed by atoms with Crippen molar-refractivity contribution in [3.8, 4) is 0 Å². The summed E-state index contributed by atoms with van der Waals surface area (Å²) in [5, 5.41) is 19.2. The van der Waals surface area contributed by atoms with Gasteiger partial charge in [0, 0.05) is 19.5 Å². The number of hydrogen-bond donors (Lipinski definition) is 2. The fourth-order valence-electron chi connectivity index (χ4n) is 6.23. The number of aliphatic carboxylic acids is 1. The lowest BCUT2D eigenvalue weighted by molar-refractivity contribution is -0.144. The topological polar surface area (TPSA) is 60.8 Å². The zero-order valence-corrected chi connectivity index (χ0v) is 12.0. The van der Waals surface area contributed by atoms with Crippen LogP contribution in [0.5, 0.6) is 0 Å². The van der Waals surface area contributed by atoms with Crippen LogP contribution in [0.3, 0.4) is 0 Å². The molecule has 0 aromatic heterocycles. The van der Waals surface area contributed by atoms with E-state index in [1.807, 2.05) is 0 Å². The monoisotopic (exact) mass is 279 g/mol. The molecule has 20 heavy (non-hydrogen) atoms. The minimum atomic E-state index is -0.758. The van der Waals surface area contributed by atoms with Gasteiger partial charge in [-0.15, -0.1) is 0 Å². The second kappa shape index (κ2) is 4.44. The standard InChI is InChI=1S/C16H25NO3/c18-13-4-14(15(19)20)17(8-13)9-16-5-10-1-11(6-16)3-12(2-10)7-16/h10-14,18H,1-9H2,(H,19,20). The average molecular weight is 279 g/mol. The van der Waals surface area contributed by atoms with Crippen LogP contribution >= 0.6 is 0 Å². The molecule has 1 aliphatic heterocycles. The van der Waals surface area contributed by atoms with E-state index in [-0.39, 0.29) is 0 Å². The van der Waals surface area contributed by atoms with E-state index >= 15 is 0 Å². The highest BCUT2D eigenvalue weighted by Gasteiger charge is 2.52. The van der Waals surface area contributed by atoms with Crippen molar-refractivity contribution in [1.82, 2.24) is 4.90 Å². The van der Waals surface area contributed by atoms with E-state index in [2.05, 4.69) is 4.90 Å². The molecular formula is C16H25NO3. The van der Waals surface area contributed by atoms with Crippen LogP contribution in [0.25, 0.3) is 0 Å². The van der Waals surface area contributed by atoms with E-state index < -0.39 is 18.1 Å². The summed E-state index contributed by atoms with van der Waals surface area (Å²) >= 11 is 0. The number of carbonyl (C=O) groups is 1. The molecule has 2 atom stereocenters. The Labute approximate surface area is 120 Å². The number of aliphatic hydroxyl groups is 1. The Balaban J connectivity index is 1.52. The fraction of sp³-hybridized carbons (Fsp3) is 0.938. The molecule has 1 saturated heterocycles. The van der Waals surface area contributed by atoms with Gasteiger partial charge in [0.15, 0.2) is 0 Å². The van der Waals surface area contributed by atoms with Crippen molar-refractivity contribution in [3.05, 3.63) is 0 Å². The Morgan fingerprint density at radius 2 is 1.60 bits per heavy atom. The first-order valence-electron chi connectivity index (χ1n) is 8.18. The molecule has 1 heterocycles. The summed E-state index contributed by atoms with van der Waals surface area (Å²) < 4.78 is 0. The lowest BCUT2D eigenvalue weighted by Crippen LogP contribution is -2.52. The summed E-state index contributed by atoms with van der Waals surface area (Å²) in [5.74, 6) is 1.94.